The predicted octanol–water partition coefficient (Wildman–Crippen LogP) is 2.76. The maximum atomic E-state index is 11.9. The van der Waals surface area contributed by atoms with E-state index in [1.165, 1.54) is 7.11 Å². The second kappa shape index (κ2) is 6.56. The van der Waals surface area contributed by atoms with E-state index >= 15 is 0 Å². The van der Waals surface area contributed by atoms with Crippen LogP contribution in [0.25, 0.3) is 16.7 Å². The lowest BCUT2D eigenvalue weighted by Crippen LogP contribution is -2.17. The second-order valence-electron chi connectivity index (χ2n) is 5.25. The van der Waals surface area contributed by atoms with E-state index in [0.717, 1.165) is 16.6 Å². The van der Waals surface area contributed by atoms with Crippen LogP contribution in [0.4, 0.5) is 5.82 Å². The molecule has 0 spiro atoms. The summed E-state index contributed by atoms with van der Waals surface area (Å²) < 4.78 is 6.58. The van der Waals surface area contributed by atoms with E-state index in [2.05, 4.69) is 28.3 Å². The van der Waals surface area contributed by atoms with Gasteiger partial charge in [-0.25, -0.2) is 4.79 Å². The summed E-state index contributed by atoms with van der Waals surface area (Å²) in [7, 11) is 3.21. The highest BCUT2D eigenvalue weighted by Gasteiger charge is 2.17. The number of carbonyl (C=O) groups excluding carboxylic acids is 1. The Kier molecular flexibility index (Phi) is 4.30. The summed E-state index contributed by atoms with van der Waals surface area (Å²) in [6.45, 7) is 7.54. The molecule has 0 aliphatic heterocycles. The van der Waals surface area contributed by atoms with Crippen LogP contribution in [0.2, 0.25) is 0 Å². The molecule has 2 aromatic heterocycles. The average Bonchev–Trinajstić information content (AvgIpc) is 3.12. The molecule has 0 unspecified atom stereocenters. The van der Waals surface area contributed by atoms with Gasteiger partial charge in [-0.15, -0.1) is 10.2 Å². The number of hydrogen-bond donors (Lipinski definition) is 0. The Morgan fingerprint density at radius 3 is 2.84 bits per heavy atom. The first-order chi connectivity index (χ1) is 12.1. The lowest BCUT2D eigenvalue weighted by molar-refractivity contribution is 0.0601. The van der Waals surface area contributed by atoms with Crippen molar-refractivity contribution in [2.75, 3.05) is 19.1 Å². The number of methoxy groups -OCH3 is 1. The molecule has 0 aliphatic rings. The van der Waals surface area contributed by atoms with Crippen molar-refractivity contribution >= 4 is 28.5 Å². The largest absolute Gasteiger partial charge is 0.465 e. The minimum absolute atomic E-state index is 0.412. The van der Waals surface area contributed by atoms with E-state index in [1.807, 2.05) is 24.1 Å². The Morgan fingerprint density at radius 2 is 2.16 bits per heavy atom. The van der Waals surface area contributed by atoms with Crippen LogP contribution in [-0.2, 0) is 4.74 Å². The molecule has 0 aliphatic carbocycles. The molecule has 0 N–H and O–H groups in total. The zero-order valence-corrected chi connectivity index (χ0v) is 14.0. The third-order valence-corrected chi connectivity index (χ3v) is 3.86. The molecular weight excluding hydrogens is 318 g/mol. The highest BCUT2D eigenvalue weighted by atomic mass is 16.5. The van der Waals surface area contributed by atoms with E-state index < -0.39 is 5.97 Å². The van der Waals surface area contributed by atoms with Crippen molar-refractivity contribution in [2.45, 2.75) is 0 Å². The molecule has 126 valence electrons. The first kappa shape index (κ1) is 16.4. The molecule has 3 aromatic rings. The Bertz CT molecular complexity index is 1020. The smallest absolute Gasteiger partial charge is 0.337 e. The number of allylic oxidation sites excluding steroid dienone is 3. The molecule has 1 aromatic carbocycles. The third-order valence-electron chi connectivity index (χ3n) is 3.86. The fourth-order valence-corrected chi connectivity index (χ4v) is 2.62. The van der Waals surface area contributed by atoms with Gasteiger partial charge in [-0.1, -0.05) is 19.2 Å². The summed E-state index contributed by atoms with van der Waals surface area (Å²) >= 11 is 0. The minimum atomic E-state index is -0.412. The Hall–Kier alpha value is -3.48. The molecule has 0 atom stereocenters. The van der Waals surface area contributed by atoms with Crippen molar-refractivity contribution in [1.29, 1.82) is 0 Å². The molecule has 7 heteroatoms. The van der Waals surface area contributed by atoms with Crippen molar-refractivity contribution in [1.82, 2.24) is 19.6 Å². The van der Waals surface area contributed by atoms with Gasteiger partial charge in [-0.3, -0.25) is 4.40 Å². The molecule has 0 amide bonds. The van der Waals surface area contributed by atoms with Gasteiger partial charge >= 0.3 is 5.97 Å². The lowest BCUT2D eigenvalue weighted by atomic mass is 10.1. The number of esters is 1. The number of benzene rings is 1. The number of nitrogens with zero attached hydrogens (tertiary/aromatic N) is 5. The van der Waals surface area contributed by atoms with Gasteiger partial charge < -0.3 is 9.64 Å². The summed E-state index contributed by atoms with van der Waals surface area (Å²) in [6, 6.07) is 5.27. The number of likely N-dealkylation sites (N-methyl/N-ethyl adjacent to an activating group) is 1. The molecule has 25 heavy (non-hydrogen) atoms. The van der Waals surface area contributed by atoms with E-state index in [0.29, 0.717) is 17.2 Å². The number of ether oxygens (including phenoxy) is 1. The lowest BCUT2D eigenvalue weighted by Gasteiger charge is -2.21. The van der Waals surface area contributed by atoms with Gasteiger partial charge in [0.15, 0.2) is 0 Å². The molecule has 3 rings (SSSR count). The van der Waals surface area contributed by atoms with E-state index in [-0.39, 0.29) is 0 Å². The Morgan fingerprint density at radius 1 is 1.36 bits per heavy atom. The van der Waals surface area contributed by atoms with Crippen molar-refractivity contribution in [3.05, 3.63) is 67.2 Å². The van der Waals surface area contributed by atoms with Gasteiger partial charge in [0.05, 0.1) is 18.2 Å². The summed E-state index contributed by atoms with van der Waals surface area (Å²) in [6.07, 6.45) is 6.78. The standard InChI is InChI=1S/C18H17N5O2/c1-5-7-13(6-2)22(3)16-14-10-12(17(24)25-4)8-9-15(14)23-11-19-21-18(23)20-16/h5-11H,1-2H2,3-4H3/b13-7+. The minimum Gasteiger partial charge on any atom is -0.465 e. The topological polar surface area (TPSA) is 72.6 Å². The van der Waals surface area contributed by atoms with Crippen molar-refractivity contribution in [3.63, 3.8) is 0 Å². The molecule has 0 saturated carbocycles. The molecule has 2 heterocycles. The number of rotatable bonds is 5. The Labute approximate surface area is 144 Å². The van der Waals surface area contributed by atoms with Crippen LogP contribution in [0, 0.1) is 0 Å². The summed E-state index contributed by atoms with van der Waals surface area (Å²) in [5, 5.41) is 8.71. The van der Waals surface area contributed by atoms with Gasteiger partial charge in [-0.2, -0.15) is 4.98 Å². The number of anilines is 1. The number of aromatic nitrogens is 4. The average molecular weight is 335 g/mol. The van der Waals surface area contributed by atoms with Crippen LogP contribution in [0.5, 0.6) is 0 Å². The SMILES string of the molecule is C=C/C=C(\C=C)N(C)c1nc2nncn2c2ccc(C(=O)OC)cc12. The summed E-state index contributed by atoms with van der Waals surface area (Å²) in [5.74, 6) is 0.668. The van der Waals surface area contributed by atoms with Gasteiger partial charge in [0, 0.05) is 18.1 Å². The van der Waals surface area contributed by atoms with Crippen molar-refractivity contribution in [3.8, 4) is 0 Å². The van der Waals surface area contributed by atoms with Crippen LogP contribution in [-0.4, -0.2) is 39.7 Å². The molecule has 0 bridgehead atoms. The molecular formula is C18H17N5O2. The number of fused-ring (bicyclic) bond motifs is 3. The fourth-order valence-electron chi connectivity index (χ4n) is 2.62. The summed E-state index contributed by atoms with van der Waals surface area (Å²) in [4.78, 5) is 18.4. The van der Waals surface area contributed by atoms with Gasteiger partial charge in [0.2, 0.25) is 0 Å². The summed E-state index contributed by atoms with van der Waals surface area (Å²) in [5.41, 5.74) is 2.06. The fraction of sp³-hybridized carbons (Fsp3) is 0.111. The van der Waals surface area contributed by atoms with Crippen molar-refractivity contribution in [2.24, 2.45) is 0 Å². The van der Waals surface area contributed by atoms with Gasteiger partial charge in [0.1, 0.15) is 12.1 Å². The first-order valence-corrected chi connectivity index (χ1v) is 7.51. The molecule has 0 radical (unpaired) electrons. The van der Waals surface area contributed by atoms with Crippen LogP contribution >= 0.6 is 0 Å². The molecule has 7 nitrogen and oxygen atoms in total. The zero-order valence-electron chi connectivity index (χ0n) is 14.0. The predicted molar refractivity (Wildman–Crippen MR) is 96.5 cm³/mol. The number of hydrogen-bond acceptors (Lipinski definition) is 6. The van der Waals surface area contributed by atoms with E-state index in [9.17, 15) is 4.79 Å². The van der Waals surface area contributed by atoms with Crippen LogP contribution in [0.15, 0.2) is 61.6 Å². The maximum Gasteiger partial charge on any atom is 0.337 e. The normalized spacial score (nSPS) is 11.5. The maximum absolute atomic E-state index is 11.9. The Balaban J connectivity index is 2.33. The highest BCUT2D eigenvalue weighted by Crippen LogP contribution is 2.28. The third kappa shape index (κ3) is 2.76. The van der Waals surface area contributed by atoms with Gasteiger partial charge in [-0.05, 0) is 30.4 Å². The number of carbonyl (C=O) groups is 1. The van der Waals surface area contributed by atoms with Crippen LogP contribution in [0.1, 0.15) is 10.4 Å². The highest BCUT2D eigenvalue weighted by molar-refractivity contribution is 5.99. The molecule has 0 fully saturated rings. The van der Waals surface area contributed by atoms with Crippen LogP contribution < -0.4 is 4.90 Å². The monoisotopic (exact) mass is 335 g/mol. The van der Waals surface area contributed by atoms with E-state index in [1.54, 1.807) is 35.0 Å². The van der Waals surface area contributed by atoms with Crippen LogP contribution in [0.3, 0.4) is 0 Å². The molecule has 0 saturated heterocycles. The van der Waals surface area contributed by atoms with Crippen molar-refractivity contribution < 1.29 is 9.53 Å². The van der Waals surface area contributed by atoms with Gasteiger partial charge in [0.25, 0.3) is 5.78 Å². The quantitative estimate of drug-likeness (QED) is 0.527. The van der Waals surface area contributed by atoms with E-state index in [4.69, 9.17) is 4.74 Å². The zero-order chi connectivity index (χ0) is 18.0. The first-order valence-electron chi connectivity index (χ1n) is 7.51. The second-order valence-corrected chi connectivity index (χ2v) is 5.25.